The van der Waals surface area contributed by atoms with E-state index in [1.165, 1.54) is 44.9 Å². The van der Waals surface area contributed by atoms with Gasteiger partial charge in [-0.05, 0) is 108 Å². The fraction of sp³-hybridized carbons (Fsp3) is 0.368. The molecule has 1 unspecified atom stereocenters. The molecule has 0 aromatic heterocycles. The summed E-state index contributed by atoms with van der Waals surface area (Å²) in [4.78, 5) is 35.1. The van der Waals surface area contributed by atoms with E-state index in [-0.39, 0.29) is 5.92 Å². The van der Waals surface area contributed by atoms with E-state index in [4.69, 9.17) is 19.2 Å². The van der Waals surface area contributed by atoms with Gasteiger partial charge in [0.1, 0.15) is 11.5 Å². The van der Waals surface area contributed by atoms with Crippen LogP contribution in [0.5, 0.6) is 23.0 Å². The first-order chi connectivity index (χ1) is 22.0. The number of fused-ring (bicyclic) bond motifs is 2. The molecule has 0 saturated carbocycles. The smallest absolute Gasteiger partial charge is 0.343 e. The van der Waals surface area contributed by atoms with Crippen LogP contribution in [0.3, 0.4) is 0 Å². The Balaban J connectivity index is 1.06. The number of unbranched alkanes of at least 4 members (excludes halogenated alkanes) is 7. The highest BCUT2D eigenvalue weighted by atomic mass is 17.2. The molecule has 7 nitrogen and oxygen atoms in total. The van der Waals surface area contributed by atoms with Crippen molar-refractivity contribution in [2.24, 2.45) is 5.92 Å². The minimum Gasteiger partial charge on any atom is -0.494 e. The number of hydrogen-bond donors (Lipinski definition) is 1. The lowest BCUT2D eigenvalue weighted by atomic mass is 9.84. The molecule has 1 aliphatic carbocycles. The maximum atomic E-state index is 12.7. The van der Waals surface area contributed by atoms with Crippen molar-refractivity contribution in [3.63, 3.8) is 0 Å². The molecule has 0 amide bonds. The van der Waals surface area contributed by atoms with Gasteiger partial charge in [-0.1, -0.05) is 70.1 Å². The first-order valence-electron chi connectivity index (χ1n) is 16.2. The number of rotatable bonds is 16. The molecule has 0 saturated heterocycles. The molecule has 45 heavy (non-hydrogen) atoms. The Hall–Kier alpha value is -4.52. The summed E-state index contributed by atoms with van der Waals surface area (Å²) >= 11 is 0. The lowest BCUT2D eigenvalue weighted by molar-refractivity contribution is -0.142. The standard InChI is InChI=1S/C38H42O7/c1-2-3-4-5-6-7-8-9-22-42-34-19-14-31-26-36(21-16-30(31)24-34)45-44-33-17-12-27(13-18-33)38(41)43-35-20-15-28-23-32(37(39)40)11-10-29(28)25-35/h12-21,24-26,32H,2-11,22-23H2,1H3,(H,39,40). The predicted molar refractivity (Wildman–Crippen MR) is 174 cm³/mol. The summed E-state index contributed by atoms with van der Waals surface area (Å²) in [5.41, 5.74) is 2.39. The van der Waals surface area contributed by atoms with E-state index < -0.39 is 11.9 Å². The van der Waals surface area contributed by atoms with Crippen LogP contribution in [0, 0.1) is 5.92 Å². The van der Waals surface area contributed by atoms with Crippen molar-refractivity contribution in [3.05, 3.63) is 95.6 Å². The summed E-state index contributed by atoms with van der Waals surface area (Å²) in [6.45, 7) is 2.98. The van der Waals surface area contributed by atoms with E-state index in [1.807, 2.05) is 48.5 Å². The van der Waals surface area contributed by atoms with Crippen molar-refractivity contribution < 1.29 is 33.9 Å². The van der Waals surface area contributed by atoms with Gasteiger partial charge in [0.15, 0.2) is 11.5 Å². The molecule has 0 bridgehead atoms. The molecule has 0 spiro atoms. The first kappa shape index (κ1) is 31.9. The summed E-state index contributed by atoms with van der Waals surface area (Å²) in [5, 5.41) is 11.4. The zero-order chi connectivity index (χ0) is 31.4. The number of hydrogen-bond acceptors (Lipinski definition) is 6. The monoisotopic (exact) mass is 610 g/mol. The van der Waals surface area contributed by atoms with Gasteiger partial charge in [0.2, 0.25) is 0 Å². The molecule has 236 valence electrons. The number of esters is 1. The van der Waals surface area contributed by atoms with Crippen LogP contribution >= 0.6 is 0 Å². The number of carbonyl (C=O) groups excluding carboxylic acids is 1. The molecule has 1 aliphatic rings. The van der Waals surface area contributed by atoms with Crippen molar-refractivity contribution in [2.45, 2.75) is 77.6 Å². The van der Waals surface area contributed by atoms with Crippen LogP contribution in [0.25, 0.3) is 10.8 Å². The second-order valence-corrected chi connectivity index (χ2v) is 11.8. The van der Waals surface area contributed by atoms with Gasteiger partial charge in [-0.15, -0.1) is 0 Å². The number of carbonyl (C=O) groups is 2. The SMILES string of the molecule is CCCCCCCCCCOc1ccc2cc(OOc3ccc(C(=O)Oc4ccc5c(c4)CCC(C(=O)O)C5)cc3)ccc2c1. The number of aliphatic carboxylic acids is 1. The molecule has 0 aliphatic heterocycles. The van der Waals surface area contributed by atoms with Gasteiger partial charge in [-0.3, -0.25) is 14.6 Å². The average Bonchev–Trinajstić information content (AvgIpc) is 3.06. The second-order valence-electron chi connectivity index (χ2n) is 11.8. The average molecular weight is 611 g/mol. The van der Waals surface area contributed by atoms with Gasteiger partial charge < -0.3 is 14.6 Å². The van der Waals surface area contributed by atoms with Gasteiger partial charge in [-0.25, -0.2) is 4.79 Å². The van der Waals surface area contributed by atoms with E-state index in [2.05, 4.69) is 6.92 Å². The highest BCUT2D eigenvalue weighted by Gasteiger charge is 2.24. The lowest BCUT2D eigenvalue weighted by Gasteiger charge is -2.21. The van der Waals surface area contributed by atoms with Gasteiger partial charge in [-0.2, -0.15) is 0 Å². The van der Waals surface area contributed by atoms with Crippen LogP contribution in [0.2, 0.25) is 0 Å². The van der Waals surface area contributed by atoms with E-state index in [1.54, 1.807) is 30.3 Å². The third-order valence-electron chi connectivity index (χ3n) is 8.34. The largest absolute Gasteiger partial charge is 0.494 e. The van der Waals surface area contributed by atoms with Crippen LogP contribution in [0.1, 0.15) is 86.2 Å². The maximum absolute atomic E-state index is 12.7. The number of ether oxygens (including phenoxy) is 2. The maximum Gasteiger partial charge on any atom is 0.343 e. The van der Waals surface area contributed by atoms with Crippen LogP contribution in [0.15, 0.2) is 78.9 Å². The topological polar surface area (TPSA) is 91.3 Å². The zero-order valence-corrected chi connectivity index (χ0v) is 26.0. The van der Waals surface area contributed by atoms with Gasteiger partial charge in [0, 0.05) is 0 Å². The summed E-state index contributed by atoms with van der Waals surface area (Å²) < 4.78 is 11.6. The van der Waals surface area contributed by atoms with Crippen LogP contribution in [-0.2, 0) is 17.6 Å². The van der Waals surface area contributed by atoms with Crippen molar-refractivity contribution in [1.29, 1.82) is 0 Å². The molecule has 0 heterocycles. The van der Waals surface area contributed by atoms with E-state index in [0.717, 1.165) is 40.7 Å². The Morgan fingerprint density at radius 3 is 2.04 bits per heavy atom. The van der Waals surface area contributed by atoms with Gasteiger partial charge in [0.25, 0.3) is 0 Å². The molecule has 4 aromatic rings. The Labute approximate surface area is 265 Å². The fourth-order valence-electron chi connectivity index (χ4n) is 5.68. The third kappa shape index (κ3) is 9.24. The molecule has 1 atom stereocenters. The lowest BCUT2D eigenvalue weighted by Crippen LogP contribution is -2.22. The fourth-order valence-corrected chi connectivity index (χ4v) is 5.68. The molecule has 7 heteroatoms. The number of carboxylic acid groups (broad SMARTS) is 1. The third-order valence-corrected chi connectivity index (χ3v) is 8.34. The Kier molecular flexibility index (Phi) is 11.3. The first-order valence-corrected chi connectivity index (χ1v) is 16.2. The Morgan fingerprint density at radius 1 is 0.689 bits per heavy atom. The Bertz CT molecular complexity index is 1580. The second kappa shape index (κ2) is 16.0. The van der Waals surface area contributed by atoms with Crippen LogP contribution in [-0.4, -0.2) is 23.7 Å². The molecule has 4 aromatic carbocycles. The van der Waals surface area contributed by atoms with Crippen LogP contribution in [0.4, 0.5) is 0 Å². The minimum atomic E-state index is -0.769. The van der Waals surface area contributed by atoms with E-state index >= 15 is 0 Å². The molecule has 5 rings (SSSR count). The van der Waals surface area contributed by atoms with Crippen LogP contribution < -0.4 is 19.2 Å². The Morgan fingerprint density at radius 2 is 1.31 bits per heavy atom. The summed E-state index contributed by atoms with van der Waals surface area (Å²) in [5.74, 6) is 0.689. The van der Waals surface area contributed by atoms with E-state index in [0.29, 0.717) is 42.1 Å². The molecular weight excluding hydrogens is 568 g/mol. The van der Waals surface area contributed by atoms with Gasteiger partial charge >= 0.3 is 11.9 Å². The normalized spacial score (nSPS) is 14.0. The van der Waals surface area contributed by atoms with Crippen molar-refractivity contribution in [2.75, 3.05) is 6.61 Å². The summed E-state index contributed by atoms with van der Waals surface area (Å²) in [6.07, 6.45) is 11.9. The predicted octanol–water partition coefficient (Wildman–Crippen LogP) is 9.14. The molecule has 0 fully saturated rings. The van der Waals surface area contributed by atoms with Crippen molar-refractivity contribution in [1.82, 2.24) is 0 Å². The number of carboxylic acids is 1. The van der Waals surface area contributed by atoms with Crippen molar-refractivity contribution >= 4 is 22.7 Å². The molecule has 1 N–H and O–H groups in total. The van der Waals surface area contributed by atoms with Gasteiger partial charge in [0.05, 0.1) is 18.1 Å². The molecular formula is C38H42O7. The summed E-state index contributed by atoms with van der Waals surface area (Å²) in [7, 11) is 0. The molecule has 0 radical (unpaired) electrons. The van der Waals surface area contributed by atoms with E-state index in [9.17, 15) is 14.7 Å². The number of benzene rings is 4. The quantitative estimate of drug-likeness (QED) is 0.0445. The highest BCUT2D eigenvalue weighted by molar-refractivity contribution is 5.91. The highest BCUT2D eigenvalue weighted by Crippen LogP contribution is 2.30. The zero-order valence-electron chi connectivity index (χ0n) is 26.0. The number of aryl methyl sites for hydroxylation is 1. The minimum absolute atomic E-state index is 0.362. The van der Waals surface area contributed by atoms with Crippen molar-refractivity contribution in [3.8, 4) is 23.0 Å². The summed E-state index contributed by atoms with van der Waals surface area (Å²) in [6, 6.07) is 23.7.